The van der Waals surface area contributed by atoms with Crippen LogP contribution >= 0.6 is 0 Å². The van der Waals surface area contributed by atoms with Crippen LogP contribution in [0.2, 0.25) is 0 Å². The highest BCUT2D eigenvalue weighted by atomic mass is 16.3. The molecule has 2 N–H and O–H groups in total. The fraction of sp³-hybridized carbons (Fsp3) is 0.100. The van der Waals surface area contributed by atoms with Crippen molar-refractivity contribution in [3.05, 3.63) is 84.2 Å². The smallest absolute Gasteiger partial charge is 0.270 e. The number of nitrogens with zero attached hydrogens (tertiary/aromatic N) is 1. The number of carbonyl (C=O) groups excluding carboxylic acids is 1. The average molecular weight is 318 g/mol. The molecule has 0 fully saturated rings. The Balaban J connectivity index is 1.70. The van der Waals surface area contributed by atoms with Crippen LogP contribution in [0.5, 0.6) is 5.75 Å². The summed E-state index contributed by atoms with van der Waals surface area (Å²) in [6, 6.07) is 20.1. The van der Waals surface area contributed by atoms with E-state index >= 15 is 0 Å². The lowest BCUT2D eigenvalue weighted by molar-refractivity contribution is 0.0935. The number of aromatic hydroxyl groups is 1. The van der Waals surface area contributed by atoms with Crippen molar-refractivity contribution in [2.24, 2.45) is 0 Å². The summed E-state index contributed by atoms with van der Waals surface area (Å²) in [5.41, 5.74) is 3.33. The molecule has 1 atom stereocenters. The first-order chi connectivity index (χ1) is 11.6. The summed E-state index contributed by atoms with van der Waals surface area (Å²) in [4.78, 5) is 16.6. The summed E-state index contributed by atoms with van der Waals surface area (Å²) < 4.78 is 0. The minimum absolute atomic E-state index is 0.173. The molecule has 120 valence electrons. The number of phenolic OH excluding ortho intramolecular Hbond substituents is 1. The van der Waals surface area contributed by atoms with Crippen LogP contribution in [-0.2, 0) is 0 Å². The van der Waals surface area contributed by atoms with Crippen LogP contribution in [-0.4, -0.2) is 16.0 Å². The minimum Gasteiger partial charge on any atom is -0.508 e. The highest BCUT2D eigenvalue weighted by Gasteiger charge is 2.12. The van der Waals surface area contributed by atoms with Crippen LogP contribution in [0.15, 0.2) is 72.9 Å². The standard InChI is InChI=1S/C20H18N2O2/c1-14(15-7-10-18(23)11-8-15)22-20(24)19-12-9-17(13-21-19)16-5-3-2-4-6-16/h2-14,23H,1H3,(H,22,24). The molecule has 0 radical (unpaired) electrons. The number of phenols is 1. The van der Waals surface area contributed by atoms with E-state index < -0.39 is 0 Å². The van der Waals surface area contributed by atoms with Gasteiger partial charge in [-0.25, -0.2) is 0 Å². The Bertz CT molecular complexity index is 813. The van der Waals surface area contributed by atoms with Gasteiger partial charge in [-0.2, -0.15) is 0 Å². The number of pyridine rings is 1. The maximum absolute atomic E-state index is 12.3. The molecule has 4 nitrogen and oxygen atoms in total. The van der Waals surface area contributed by atoms with Crippen molar-refractivity contribution in [2.75, 3.05) is 0 Å². The summed E-state index contributed by atoms with van der Waals surface area (Å²) in [6.45, 7) is 1.89. The van der Waals surface area contributed by atoms with Crippen molar-refractivity contribution in [3.63, 3.8) is 0 Å². The molecule has 0 aliphatic rings. The van der Waals surface area contributed by atoms with Crippen molar-refractivity contribution in [1.82, 2.24) is 10.3 Å². The lowest BCUT2D eigenvalue weighted by Crippen LogP contribution is -2.27. The first-order valence-electron chi connectivity index (χ1n) is 7.75. The second-order valence-corrected chi connectivity index (χ2v) is 5.58. The van der Waals surface area contributed by atoms with Gasteiger partial charge in [0, 0.05) is 11.8 Å². The third kappa shape index (κ3) is 3.60. The first-order valence-corrected chi connectivity index (χ1v) is 7.75. The molecule has 3 aromatic rings. The Morgan fingerprint density at radius 2 is 1.67 bits per heavy atom. The molecule has 1 heterocycles. The molecular weight excluding hydrogens is 300 g/mol. The van der Waals surface area contributed by atoms with Crippen LogP contribution in [0.3, 0.4) is 0 Å². The van der Waals surface area contributed by atoms with Gasteiger partial charge in [0.05, 0.1) is 6.04 Å². The zero-order valence-electron chi connectivity index (χ0n) is 13.3. The minimum atomic E-state index is -0.227. The van der Waals surface area contributed by atoms with Crippen molar-refractivity contribution in [1.29, 1.82) is 0 Å². The highest BCUT2D eigenvalue weighted by Crippen LogP contribution is 2.19. The lowest BCUT2D eigenvalue weighted by Gasteiger charge is -2.14. The lowest BCUT2D eigenvalue weighted by atomic mass is 10.1. The zero-order chi connectivity index (χ0) is 16.9. The maximum atomic E-state index is 12.3. The molecule has 3 rings (SSSR count). The van der Waals surface area contributed by atoms with Gasteiger partial charge in [-0.3, -0.25) is 9.78 Å². The second kappa shape index (κ2) is 6.96. The summed E-state index contributed by atoms with van der Waals surface area (Å²) in [5, 5.41) is 12.2. The molecule has 0 saturated heterocycles. The van der Waals surface area contributed by atoms with Crippen LogP contribution in [0.4, 0.5) is 0 Å². The number of hydrogen-bond acceptors (Lipinski definition) is 3. The Labute approximate surface area is 140 Å². The summed E-state index contributed by atoms with van der Waals surface area (Å²) in [7, 11) is 0. The fourth-order valence-electron chi connectivity index (χ4n) is 2.45. The van der Waals surface area contributed by atoms with Gasteiger partial charge in [-0.05, 0) is 36.2 Å². The predicted molar refractivity (Wildman–Crippen MR) is 93.7 cm³/mol. The molecule has 1 unspecified atom stereocenters. The number of rotatable bonds is 4. The Hall–Kier alpha value is -3.14. The van der Waals surface area contributed by atoms with Crippen molar-refractivity contribution in [2.45, 2.75) is 13.0 Å². The molecule has 4 heteroatoms. The van der Waals surface area contributed by atoms with Gasteiger partial charge in [-0.15, -0.1) is 0 Å². The zero-order valence-corrected chi connectivity index (χ0v) is 13.3. The van der Waals surface area contributed by atoms with E-state index in [0.717, 1.165) is 16.7 Å². The molecular formula is C20H18N2O2. The van der Waals surface area contributed by atoms with Gasteiger partial charge in [0.2, 0.25) is 0 Å². The van der Waals surface area contributed by atoms with Gasteiger partial charge >= 0.3 is 0 Å². The van der Waals surface area contributed by atoms with E-state index in [1.807, 2.05) is 43.3 Å². The molecule has 0 bridgehead atoms. The van der Waals surface area contributed by atoms with Crippen molar-refractivity contribution in [3.8, 4) is 16.9 Å². The average Bonchev–Trinajstić information content (AvgIpc) is 2.63. The molecule has 24 heavy (non-hydrogen) atoms. The van der Waals surface area contributed by atoms with Crippen LogP contribution in [0.25, 0.3) is 11.1 Å². The normalized spacial score (nSPS) is 11.7. The van der Waals surface area contributed by atoms with E-state index in [-0.39, 0.29) is 17.7 Å². The number of aromatic nitrogens is 1. The predicted octanol–water partition coefficient (Wildman–Crippen LogP) is 3.95. The molecule has 1 amide bonds. The monoisotopic (exact) mass is 318 g/mol. The topological polar surface area (TPSA) is 62.2 Å². The number of amides is 1. The second-order valence-electron chi connectivity index (χ2n) is 5.58. The summed E-state index contributed by atoms with van der Waals surface area (Å²) in [5.74, 6) is -0.0226. The number of nitrogens with one attached hydrogen (secondary N) is 1. The third-order valence-corrected chi connectivity index (χ3v) is 3.84. The quantitative estimate of drug-likeness (QED) is 0.766. The molecule has 0 spiro atoms. The summed E-state index contributed by atoms with van der Waals surface area (Å²) >= 11 is 0. The van der Waals surface area contributed by atoms with Crippen LogP contribution in [0.1, 0.15) is 29.0 Å². The third-order valence-electron chi connectivity index (χ3n) is 3.84. The molecule has 2 aromatic carbocycles. The SMILES string of the molecule is CC(NC(=O)c1ccc(-c2ccccc2)cn1)c1ccc(O)cc1. The largest absolute Gasteiger partial charge is 0.508 e. The van der Waals surface area contributed by atoms with Gasteiger partial charge in [-0.1, -0.05) is 48.5 Å². The Kier molecular flexibility index (Phi) is 4.57. The van der Waals surface area contributed by atoms with Gasteiger partial charge in [0.25, 0.3) is 5.91 Å². The Morgan fingerprint density at radius 3 is 2.29 bits per heavy atom. The number of hydrogen-bond donors (Lipinski definition) is 2. The number of benzene rings is 2. The van der Waals surface area contributed by atoms with E-state index in [2.05, 4.69) is 10.3 Å². The molecule has 1 aromatic heterocycles. The van der Waals surface area contributed by atoms with Gasteiger partial charge < -0.3 is 10.4 Å². The Morgan fingerprint density at radius 1 is 0.958 bits per heavy atom. The van der Waals surface area contributed by atoms with E-state index in [4.69, 9.17) is 0 Å². The highest BCUT2D eigenvalue weighted by molar-refractivity contribution is 5.92. The van der Waals surface area contributed by atoms with Crippen molar-refractivity contribution < 1.29 is 9.90 Å². The fourth-order valence-corrected chi connectivity index (χ4v) is 2.45. The van der Waals surface area contributed by atoms with E-state index in [1.54, 1.807) is 36.5 Å². The summed E-state index contributed by atoms with van der Waals surface area (Å²) in [6.07, 6.45) is 1.70. The maximum Gasteiger partial charge on any atom is 0.270 e. The molecule has 0 aliphatic heterocycles. The van der Waals surface area contributed by atoms with E-state index in [0.29, 0.717) is 5.69 Å². The van der Waals surface area contributed by atoms with Crippen molar-refractivity contribution >= 4 is 5.91 Å². The van der Waals surface area contributed by atoms with Gasteiger partial charge in [0.1, 0.15) is 11.4 Å². The molecule has 0 aliphatic carbocycles. The number of carbonyl (C=O) groups is 1. The van der Waals surface area contributed by atoms with E-state index in [9.17, 15) is 9.90 Å². The van der Waals surface area contributed by atoms with E-state index in [1.165, 1.54) is 0 Å². The van der Waals surface area contributed by atoms with Crippen LogP contribution in [0, 0.1) is 0 Å². The first kappa shape index (κ1) is 15.7. The molecule has 0 saturated carbocycles. The van der Waals surface area contributed by atoms with Gasteiger partial charge in [0.15, 0.2) is 0 Å². The van der Waals surface area contributed by atoms with Crippen LogP contribution < -0.4 is 5.32 Å².